The molecule has 0 radical (unpaired) electrons. The van der Waals surface area contributed by atoms with Gasteiger partial charge in [0.25, 0.3) is 0 Å². The van der Waals surface area contributed by atoms with E-state index in [1.54, 1.807) is 0 Å². The molecule has 1 nitrogen and oxygen atoms in total. The van der Waals surface area contributed by atoms with Crippen LogP contribution < -0.4 is 0 Å². The largest absolute Gasteiger partial charge is 0.309 e. The standard InChI is InChI=1S/C46H31NS/c1-46(2)34-19-7-5-15-32(34)42-35(46)24-25-38-43(42)33-16-6-8-20-36(33)47(38)37-21-11-23-40-45(37)44-31(18-10-22-39(44)48-40)30-17-9-13-28-26-27-12-3-4-14-29(27)41(28)30/h3-25H,26H2,1-2H3. The van der Waals surface area contributed by atoms with Gasteiger partial charge >= 0.3 is 0 Å². The number of thiophene rings is 1. The molecule has 0 fully saturated rings. The summed E-state index contributed by atoms with van der Waals surface area (Å²) in [5.74, 6) is 0. The second-order valence-corrected chi connectivity index (χ2v) is 15.1. The topological polar surface area (TPSA) is 4.93 Å². The van der Waals surface area contributed by atoms with E-state index in [-0.39, 0.29) is 5.41 Å². The van der Waals surface area contributed by atoms with Crippen molar-refractivity contribution in [3.05, 3.63) is 162 Å². The van der Waals surface area contributed by atoms with Crippen molar-refractivity contribution in [1.82, 2.24) is 4.57 Å². The van der Waals surface area contributed by atoms with Crippen LogP contribution in [-0.2, 0) is 11.8 Å². The van der Waals surface area contributed by atoms with Crippen LogP contribution in [0.5, 0.6) is 0 Å². The van der Waals surface area contributed by atoms with Gasteiger partial charge in [0.2, 0.25) is 0 Å². The minimum absolute atomic E-state index is 0.0453. The van der Waals surface area contributed by atoms with Crippen LogP contribution >= 0.6 is 11.3 Å². The summed E-state index contributed by atoms with van der Waals surface area (Å²) in [6.07, 6.45) is 0.997. The molecule has 0 amide bonds. The fraction of sp³-hybridized carbons (Fsp3) is 0.0870. The molecule has 2 heterocycles. The number of hydrogen-bond acceptors (Lipinski definition) is 1. The highest BCUT2D eigenvalue weighted by Crippen LogP contribution is 2.54. The van der Waals surface area contributed by atoms with Crippen molar-refractivity contribution in [3.8, 4) is 39.1 Å². The quantitative estimate of drug-likeness (QED) is 0.179. The smallest absolute Gasteiger partial charge is 0.0555 e. The highest BCUT2D eigenvalue weighted by atomic mass is 32.1. The number of hydrogen-bond donors (Lipinski definition) is 0. The summed E-state index contributed by atoms with van der Waals surface area (Å²) in [6, 6.07) is 52.5. The van der Waals surface area contributed by atoms with Crippen LogP contribution in [0.2, 0.25) is 0 Å². The van der Waals surface area contributed by atoms with Crippen molar-refractivity contribution in [2.24, 2.45) is 0 Å². The van der Waals surface area contributed by atoms with Crippen LogP contribution in [0.1, 0.15) is 36.1 Å². The fourth-order valence-electron chi connectivity index (χ4n) is 9.18. The van der Waals surface area contributed by atoms with Gasteiger partial charge in [0, 0.05) is 36.4 Å². The zero-order valence-electron chi connectivity index (χ0n) is 26.8. The fourth-order valence-corrected chi connectivity index (χ4v) is 10.3. The summed E-state index contributed by atoms with van der Waals surface area (Å²) in [5, 5.41) is 5.35. The summed E-state index contributed by atoms with van der Waals surface area (Å²) < 4.78 is 5.20. The molecule has 0 spiro atoms. The lowest BCUT2D eigenvalue weighted by Crippen LogP contribution is -2.14. The maximum atomic E-state index is 2.55. The SMILES string of the molecule is CC1(C)c2ccccc2-c2c1ccc1c2c2ccccc2n1-c1cccc2sc3cccc(-c4cccc5c4-c4ccccc4C5)c3c12. The molecule has 0 unspecified atom stereocenters. The van der Waals surface area contributed by atoms with Crippen molar-refractivity contribution in [3.63, 3.8) is 0 Å². The Morgan fingerprint density at radius 1 is 0.479 bits per heavy atom. The van der Waals surface area contributed by atoms with Gasteiger partial charge in [-0.15, -0.1) is 11.3 Å². The van der Waals surface area contributed by atoms with Gasteiger partial charge in [-0.25, -0.2) is 0 Å². The van der Waals surface area contributed by atoms with E-state index in [0.717, 1.165) is 6.42 Å². The van der Waals surface area contributed by atoms with Crippen LogP contribution in [0.4, 0.5) is 0 Å². The summed E-state index contributed by atoms with van der Waals surface area (Å²) in [7, 11) is 0. The van der Waals surface area contributed by atoms with Crippen LogP contribution in [0.25, 0.3) is 81.0 Å². The summed E-state index contributed by atoms with van der Waals surface area (Å²) >= 11 is 1.91. The first-order valence-electron chi connectivity index (χ1n) is 16.9. The Kier molecular flexibility index (Phi) is 5.18. The molecular formula is C46H31NS. The molecule has 0 saturated heterocycles. The lowest BCUT2D eigenvalue weighted by molar-refractivity contribution is 0.661. The molecule has 0 aliphatic heterocycles. The summed E-state index contributed by atoms with van der Waals surface area (Å²) in [5.41, 5.74) is 17.6. The van der Waals surface area contributed by atoms with E-state index in [0.29, 0.717) is 0 Å². The van der Waals surface area contributed by atoms with Gasteiger partial charge in [-0.3, -0.25) is 0 Å². The number of para-hydroxylation sites is 1. The van der Waals surface area contributed by atoms with Crippen LogP contribution in [0.3, 0.4) is 0 Å². The zero-order chi connectivity index (χ0) is 31.7. The third kappa shape index (κ3) is 3.31. The molecule has 2 aromatic heterocycles. The number of rotatable bonds is 2. The average Bonchev–Trinajstić information content (AvgIpc) is 3.85. The highest BCUT2D eigenvalue weighted by Gasteiger charge is 2.37. The molecule has 2 aliphatic carbocycles. The molecule has 0 atom stereocenters. The monoisotopic (exact) mass is 629 g/mol. The first-order valence-corrected chi connectivity index (χ1v) is 17.7. The van der Waals surface area contributed by atoms with Gasteiger partial charge < -0.3 is 4.57 Å². The molecule has 226 valence electrons. The number of nitrogens with zero attached hydrogens (tertiary/aromatic N) is 1. The molecule has 48 heavy (non-hydrogen) atoms. The van der Waals surface area contributed by atoms with E-state index in [2.05, 4.69) is 158 Å². The van der Waals surface area contributed by atoms with Gasteiger partial charge in [0.1, 0.15) is 0 Å². The maximum absolute atomic E-state index is 2.55. The number of aromatic nitrogens is 1. The third-order valence-electron chi connectivity index (χ3n) is 11.2. The van der Waals surface area contributed by atoms with Gasteiger partial charge in [-0.2, -0.15) is 0 Å². The van der Waals surface area contributed by atoms with Gasteiger partial charge in [-0.05, 0) is 92.4 Å². The van der Waals surface area contributed by atoms with Crippen LogP contribution in [-0.4, -0.2) is 4.57 Å². The second-order valence-electron chi connectivity index (χ2n) is 14.0. The summed E-state index contributed by atoms with van der Waals surface area (Å²) in [6.45, 7) is 4.75. The Labute approximate surface area is 283 Å². The Bertz CT molecular complexity index is 2840. The minimum Gasteiger partial charge on any atom is -0.309 e. The van der Waals surface area contributed by atoms with Crippen LogP contribution in [0.15, 0.2) is 140 Å². The molecule has 7 aromatic carbocycles. The lowest BCUT2D eigenvalue weighted by atomic mass is 9.82. The van der Waals surface area contributed by atoms with Crippen molar-refractivity contribution < 1.29 is 0 Å². The van der Waals surface area contributed by atoms with Crippen LogP contribution in [0, 0.1) is 0 Å². The predicted molar refractivity (Wildman–Crippen MR) is 205 cm³/mol. The first kappa shape index (κ1) is 26.6. The molecule has 0 saturated carbocycles. The van der Waals surface area contributed by atoms with E-state index < -0.39 is 0 Å². The Morgan fingerprint density at radius 2 is 1.17 bits per heavy atom. The van der Waals surface area contributed by atoms with Crippen molar-refractivity contribution >= 4 is 53.3 Å². The molecule has 11 rings (SSSR count). The molecule has 0 bridgehead atoms. The zero-order valence-corrected chi connectivity index (χ0v) is 27.7. The Balaban J connectivity index is 1.26. The van der Waals surface area contributed by atoms with Crippen molar-refractivity contribution in [2.45, 2.75) is 25.7 Å². The molecular weight excluding hydrogens is 599 g/mol. The van der Waals surface area contributed by atoms with Gasteiger partial charge in [0.15, 0.2) is 0 Å². The summed E-state index contributed by atoms with van der Waals surface area (Å²) in [4.78, 5) is 0. The normalized spacial score (nSPS) is 14.1. The Morgan fingerprint density at radius 3 is 2.08 bits per heavy atom. The van der Waals surface area contributed by atoms with E-state index in [1.165, 1.54) is 103 Å². The molecule has 2 heteroatoms. The molecule has 0 N–H and O–H groups in total. The lowest BCUT2D eigenvalue weighted by Gasteiger charge is -2.21. The highest BCUT2D eigenvalue weighted by molar-refractivity contribution is 7.26. The first-order chi connectivity index (χ1) is 23.6. The van der Waals surface area contributed by atoms with Crippen molar-refractivity contribution in [2.75, 3.05) is 0 Å². The minimum atomic E-state index is -0.0453. The number of fused-ring (bicyclic) bond motifs is 13. The average molecular weight is 630 g/mol. The maximum Gasteiger partial charge on any atom is 0.0555 e. The molecule has 2 aliphatic rings. The van der Waals surface area contributed by atoms with E-state index in [9.17, 15) is 0 Å². The number of benzene rings is 7. The third-order valence-corrected chi connectivity index (χ3v) is 12.4. The van der Waals surface area contributed by atoms with E-state index >= 15 is 0 Å². The van der Waals surface area contributed by atoms with Gasteiger partial charge in [0.05, 0.1) is 16.7 Å². The van der Waals surface area contributed by atoms with E-state index in [4.69, 9.17) is 0 Å². The molecule has 9 aromatic rings. The van der Waals surface area contributed by atoms with Gasteiger partial charge in [-0.1, -0.05) is 123 Å². The second kappa shape index (κ2) is 9.34. The Hall–Kier alpha value is -5.44. The predicted octanol–water partition coefficient (Wildman–Crippen LogP) is 12.7. The van der Waals surface area contributed by atoms with Crippen molar-refractivity contribution in [1.29, 1.82) is 0 Å². The van der Waals surface area contributed by atoms with E-state index in [1.807, 2.05) is 11.3 Å².